The van der Waals surface area contributed by atoms with E-state index in [1.807, 2.05) is 24.9 Å². The lowest BCUT2D eigenvalue weighted by Gasteiger charge is -2.09. The number of benzene rings is 1. The van der Waals surface area contributed by atoms with E-state index in [0.717, 1.165) is 30.0 Å². The summed E-state index contributed by atoms with van der Waals surface area (Å²) in [5, 5.41) is 4.39. The molecule has 0 amide bonds. The molecule has 0 fully saturated rings. The summed E-state index contributed by atoms with van der Waals surface area (Å²) in [5.41, 5.74) is 11.6. The highest BCUT2D eigenvalue weighted by Gasteiger charge is 2.18. The van der Waals surface area contributed by atoms with Gasteiger partial charge >= 0.3 is 0 Å². The maximum Gasteiger partial charge on any atom is 0.127 e. The van der Waals surface area contributed by atoms with Gasteiger partial charge in [0.1, 0.15) is 5.75 Å². The van der Waals surface area contributed by atoms with E-state index in [9.17, 15) is 0 Å². The van der Waals surface area contributed by atoms with Crippen molar-refractivity contribution in [2.24, 2.45) is 12.8 Å². The Kier molecular flexibility index (Phi) is 2.59. The number of nitrogens with zero attached hydrogens (tertiary/aromatic N) is 2. The summed E-state index contributed by atoms with van der Waals surface area (Å²) in [7, 11) is 1.94. The Bertz CT molecular complexity index is 601. The number of aryl methyl sites for hydroxylation is 2. The lowest BCUT2D eigenvalue weighted by atomic mass is 9.99. The predicted octanol–water partition coefficient (Wildman–Crippen LogP) is 1.79. The lowest BCUT2D eigenvalue weighted by molar-refractivity contribution is 0.353. The van der Waals surface area contributed by atoms with Crippen molar-refractivity contribution in [3.8, 4) is 16.9 Å². The second-order valence-electron chi connectivity index (χ2n) is 4.73. The average molecular weight is 243 g/mol. The van der Waals surface area contributed by atoms with Gasteiger partial charge in [-0.05, 0) is 30.2 Å². The molecule has 18 heavy (non-hydrogen) atoms. The molecule has 1 aliphatic rings. The number of aromatic nitrogens is 2. The molecule has 1 aliphatic heterocycles. The van der Waals surface area contributed by atoms with E-state index in [2.05, 4.69) is 17.2 Å². The molecule has 0 saturated carbocycles. The van der Waals surface area contributed by atoms with Gasteiger partial charge in [0, 0.05) is 37.3 Å². The molecule has 1 aromatic carbocycles. The average Bonchev–Trinajstić information content (AvgIpc) is 2.93. The minimum Gasteiger partial charge on any atom is -0.493 e. The molecule has 0 atom stereocenters. The second-order valence-corrected chi connectivity index (χ2v) is 4.73. The summed E-state index contributed by atoms with van der Waals surface area (Å²) in [5.74, 6) is 0.989. The third-order valence-corrected chi connectivity index (χ3v) is 3.40. The second kappa shape index (κ2) is 4.14. The van der Waals surface area contributed by atoms with Crippen molar-refractivity contribution in [1.29, 1.82) is 0 Å². The van der Waals surface area contributed by atoms with Crippen LogP contribution in [0.2, 0.25) is 0 Å². The summed E-state index contributed by atoms with van der Waals surface area (Å²) < 4.78 is 7.49. The normalized spacial score (nSPS) is 13.5. The number of ether oxygens (including phenoxy) is 1. The highest BCUT2D eigenvalue weighted by atomic mass is 16.5. The maximum atomic E-state index is 5.81. The third-order valence-electron chi connectivity index (χ3n) is 3.40. The van der Waals surface area contributed by atoms with E-state index in [0.29, 0.717) is 6.54 Å². The summed E-state index contributed by atoms with van der Waals surface area (Å²) in [6.45, 7) is 3.30. The van der Waals surface area contributed by atoms with Crippen molar-refractivity contribution in [1.82, 2.24) is 9.78 Å². The zero-order valence-electron chi connectivity index (χ0n) is 10.7. The van der Waals surface area contributed by atoms with E-state index < -0.39 is 0 Å². The maximum absolute atomic E-state index is 5.81. The molecule has 2 heterocycles. The highest BCUT2D eigenvalue weighted by Crippen LogP contribution is 2.35. The summed E-state index contributed by atoms with van der Waals surface area (Å²) in [6.07, 6.45) is 3.02. The van der Waals surface area contributed by atoms with Gasteiger partial charge in [-0.1, -0.05) is 0 Å². The third kappa shape index (κ3) is 1.69. The van der Waals surface area contributed by atoms with E-state index in [4.69, 9.17) is 10.5 Å². The Hall–Kier alpha value is -1.81. The van der Waals surface area contributed by atoms with Crippen molar-refractivity contribution in [3.05, 3.63) is 35.2 Å². The van der Waals surface area contributed by atoms with Crippen LogP contribution >= 0.6 is 0 Å². The van der Waals surface area contributed by atoms with Crippen molar-refractivity contribution < 1.29 is 4.74 Å². The summed E-state index contributed by atoms with van der Waals surface area (Å²) >= 11 is 0. The molecule has 0 unspecified atom stereocenters. The van der Waals surface area contributed by atoms with Crippen LogP contribution in [0.3, 0.4) is 0 Å². The molecule has 2 aromatic rings. The fourth-order valence-corrected chi connectivity index (χ4v) is 2.58. The largest absolute Gasteiger partial charge is 0.493 e. The van der Waals surface area contributed by atoms with E-state index in [-0.39, 0.29) is 0 Å². The first-order chi connectivity index (χ1) is 8.69. The minimum atomic E-state index is 0.509. The van der Waals surface area contributed by atoms with Gasteiger partial charge in [-0.25, -0.2) is 0 Å². The van der Waals surface area contributed by atoms with E-state index in [1.165, 1.54) is 16.7 Å². The fraction of sp³-hybridized carbons (Fsp3) is 0.357. The van der Waals surface area contributed by atoms with E-state index >= 15 is 0 Å². The van der Waals surface area contributed by atoms with Crippen molar-refractivity contribution in [3.63, 3.8) is 0 Å². The van der Waals surface area contributed by atoms with Crippen LogP contribution in [-0.2, 0) is 20.0 Å². The van der Waals surface area contributed by atoms with Crippen LogP contribution in [0, 0.1) is 6.92 Å². The Morgan fingerprint density at radius 3 is 2.94 bits per heavy atom. The number of fused-ring (bicyclic) bond motifs is 1. The van der Waals surface area contributed by atoms with Crippen LogP contribution in [0.15, 0.2) is 18.3 Å². The van der Waals surface area contributed by atoms with Gasteiger partial charge in [0.25, 0.3) is 0 Å². The molecular formula is C14H17N3O. The van der Waals surface area contributed by atoms with Gasteiger partial charge in [0.05, 0.1) is 12.3 Å². The summed E-state index contributed by atoms with van der Waals surface area (Å²) in [6, 6.07) is 4.32. The first kappa shape index (κ1) is 11.3. The van der Waals surface area contributed by atoms with Crippen molar-refractivity contribution in [2.45, 2.75) is 19.9 Å². The topological polar surface area (TPSA) is 53.1 Å². The number of hydrogen-bond acceptors (Lipinski definition) is 3. The lowest BCUT2D eigenvalue weighted by Crippen LogP contribution is -2.00. The molecule has 0 saturated heterocycles. The van der Waals surface area contributed by atoms with Gasteiger partial charge in [0.15, 0.2) is 0 Å². The number of rotatable bonds is 2. The molecule has 0 spiro atoms. The van der Waals surface area contributed by atoms with Crippen LogP contribution in [0.25, 0.3) is 11.1 Å². The van der Waals surface area contributed by atoms with Crippen LogP contribution < -0.4 is 10.5 Å². The molecule has 0 aliphatic carbocycles. The van der Waals surface area contributed by atoms with E-state index in [1.54, 1.807) is 0 Å². The van der Waals surface area contributed by atoms with Crippen molar-refractivity contribution in [2.75, 3.05) is 6.61 Å². The molecule has 0 radical (unpaired) electrons. The Labute approximate surface area is 106 Å². The summed E-state index contributed by atoms with van der Waals surface area (Å²) in [4.78, 5) is 0. The van der Waals surface area contributed by atoms with Gasteiger partial charge in [-0.15, -0.1) is 0 Å². The SMILES string of the molecule is Cc1nn(C)cc1-c1cc(CN)c2c(c1)CCO2. The molecular weight excluding hydrogens is 226 g/mol. The Morgan fingerprint density at radius 1 is 1.44 bits per heavy atom. The molecule has 4 nitrogen and oxygen atoms in total. The molecule has 3 rings (SSSR count). The standard InChI is InChI=1S/C14H17N3O/c1-9-13(8-17(2)16-9)11-5-10-3-4-18-14(10)12(6-11)7-15/h5-6,8H,3-4,7,15H2,1-2H3. The monoisotopic (exact) mass is 243 g/mol. The van der Waals surface area contributed by atoms with Crippen LogP contribution in [0.4, 0.5) is 0 Å². The van der Waals surface area contributed by atoms with Gasteiger partial charge in [-0.2, -0.15) is 5.10 Å². The Balaban J connectivity index is 2.16. The van der Waals surface area contributed by atoms with Crippen LogP contribution in [0.5, 0.6) is 5.75 Å². The highest BCUT2D eigenvalue weighted by molar-refractivity contribution is 5.69. The molecule has 2 N–H and O–H groups in total. The first-order valence-corrected chi connectivity index (χ1v) is 6.18. The predicted molar refractivity (Wildman–Crippen MR) is 70.5 cm³/mol. The Morgan fingerprint density at radius 2 is 2.28 bits per heavy atom. The van der Waals surface area contributed by atoms with Gasteiger partial charge < -0.3 is 10.5 Å². The number of nitrogens with two attached hydrogens (primary N) is 1. The smallest absolute Gasteiger partial charge is 0.127 e. The van der Waals surface area contributed by atoms with Gasteiger partial charge in [-0.3, -0.25) is 4.68 Å². The molecule has 94 valence electrons. The molecule has 0 bridgehead atoms. The zero-order chi connectivity index (χ0) is 12.7. The molecule has 1 aromatic heterocycles. The fourth-order valence-electron chi connectivity index (χ4n) is 2.58. The first-order valence-electron chi connectivity index (χ1n) is 6.18. The number of hydrogen-bond donors (Lipinski definition) is 1. The minimum absolute atomic E-state index is 0.509. The van der Waals surface area contributed by atoms with Crippen LogP contribution in [-0.4, -0.2) is 16.4 Å². The van der Waals surface area contributed by atoms with Crippen LogP contribution in [0.1, 0.15) is 16.8 Å². The zero-order valence-corrected chi connectivity index (χ0v) is 10.7. The molecule has 4 heteroatoms. The van der Waals surface area contributed by atoms with Crippen molar-refractivity contribution >= 4 is 0 Å². The quantitative estimate of drug-likeness (QED) is 0.875. The van der Waals surface area contributed by atoms with Gasteiger partial charge in [0.2, 0.25) is 0 Å².